The van der Waals surface area contributed by atoms with E-state index in [0.717, 1.165) is 24.4 Å². The highest BCUT2D eigenvalue weighted by Gasteiger charge is 2.14. The van der Waals surface area contributed by atoms with Crippen molar-refractivity contribution in [2.24, 2.45) is 0 Å². The van der Waals surface area contributed by atoms with Crippen LogP contribution in [-0.4, -0.2) is 19.7 Å². The third kappa shape index (κ3) is 3.63. The molecule has 1 unspecified atom stereocenters. The smallest absolute Gasteiger partial charge is 0.269 e. The molecular weight excluding hydrogens is 270 g/mol. The molecule has 0 bridgehead atoms. The maximum absolute atomic E-state index is 10.9. The molecule has 2 aromatic rings. The van der Waals surface area contributed by atoms with E-state index in [1.165, 1.54) is 6.07 Å². The quantitative estimate of drug-likeness (QED) is 0.625. The normalized spacial score (nSPS) is 12.3. The van der Waals surface area contributed by atoms with E-state index in [-0.39, 0.29) is 16.7 Å². The molecule has 2 rings (SSSR count). The fourth-order valence-corrected chi connectivity index (χ4v) is 2.25. The Morgan fingerprint density at radius 2 is 2.24 bits per heavy atom. The molecule has 0 saturated carbocycles. The van der Waals surface area contributed by atoms with Crippen molar-refractivity contribution in [3.05, 3.63) is 52.1 Å². The summed E-state index contributed by atoms with van der Waals surface area (Å²) in [5.74, 6) is 0.862. The number of aryl methyl sites for hydroxylation is 1. The van der Waals surface area contributed by atoms with Gasteiger partial charge in [-0.25, -0.2) is 0 Å². The second-order valence-corrected chi connectivity index (χ2v) is 4.73. The SMILES string of the molecule is CCC(NCc1nncn1CC)c1cccc([N+](=O)[O-])c1. The molecule has 21 heavy (non-hydrogen) atoms. The molecule has 0 spiro atoms. The van der Waals surface area contributed by atoms with Crippen LogP contribution in [0.25, 0.3) is 0 Å². The summed E-state index contributed by atoms with van der Waals surface area (Å²) in [7, 11) is 0. The number of nitro benzene ring substituents is 1. The van der Waals surface area contributed by atoms with E-state index in [1.807, 2.05) is 24.5 Å². The molecule has 0 saturated heterocycles. The van der Waals surface area contributed by atoms with E-state index in [2.05, 4.69) is 15.5 Å². The Morgan fingerprint density at radius 1 is 1.43 bits per heavy atom. The van der Waals surface area contributed by atoms with Crippen LogP contribution in [0.3, 0.4) is 0 Å². The van der Waals surface area contributed by atoms with Gasteiger partial charge in [0.25, 0.3) is 5.69 Å². The van der Waals surface area contributed by atoms with Crippen LogP contribution < -0.4 is 5.32 Å². The van der Waals surface area contributed by atoms with Crippen LogP contribution in [-0.2, 0) is 13.1 Å². The van der Waals surface area contributed by atoms with Gasteiger partial charge in [-0.05, 0) is 18.9 Å². The van der Waals surface area contributed by atoms with Gasteiger partial charge in [0.05, 0.1) is 11.5 Å². The van der Waals surface area contributed by atoms with E-state index < -0.39 is 0 Å². The minimum Gasteiger partial charge on any atom is -0.317 e. The summed E-state index contributed by atoms with van der Waals surface area (Å²) < 4.78 is 1.97. The van der Waals surface area contributed by atoms with Gasteiger partial charge < -0.3 is 9.88 Å². The van der Waals surface area contributed by atoms with Crippen molar-refractivity contribution in [1.82, 2.24) is 20.1 Å². The van der Waals surface area contributed by atoms with Gasteiger partial charge in [0.2, 0.25) is 0 Å². The van der Waals surface area contributed by atoms with Crippen LogP contribution in [0.1, 0.15) is 37.7 Å². The Bertz CT molecular complexity index is 611. The van der Waals surface area contributed by atoms with Gasteiger partial charge in [0.1, 0.15) is 12.2 Å². The summed E-state index contributed by atoms with van der Waals surface area (Å²) in [6.45, 7) is 5.47. The first-order valence-electron chi connectivity index (χ1n) is 7.00. The van der Waals surface area contributed by atoms with Crippen LogP contribution in [0.4, 0.5) is 5.69 Å². The Kier molecular flexibility index (Phi) is 4.99. The van der Waals surface area contributed by atoms with Gasteiger partial charge in [-0.1, -0.05) is 19.1 Å². The number of nitrogens with one attached hydrogen (secondary N) is 1. The highest BCUT2D eigenvalue weighted by molar-refractivity contribution is 5.35. The molecule has 7 nitrogen and oxygen atoms in total. The molecule has 0 radical (unpaired) electrons. The van der Waals surface area contributed by atoms with E-state index in [0.29, 0.717) is 6.54 Å². The molecule has 1 aromatic carbocycles. The van der Waals surface area contributed by atoms with Crippen molar-refractivity contribution in [1.29, 1.82) is 0 Å². The minimum absolute atomic E-state index is 0.0481. The van der Waals surface area contributed by atoms with Gasteiger partial charge in [0, 0.05) is 24.7 Å². The Morgan fingerprint density at radius 3 is 2.90 bits per heavy atom. The largest absolute Gasteiger partial charge is 0.317 e. The second-order valence-electron chi connectivity index (χ2n) is 4.73. The summed E-state index contributed by atoms with van der Waals surface area (Å²) in [6, 6.07) is 6.78. The average Bonchev–Trinajstić information content (AvgIpc) is 2.95. The third-order valence-corrected chi connectivity index (χ3v) is 3.43. The number of benzene rings is 1. The molecule has 0 aliphatic carbocycles. The van der Waals surface area contributed by atoms with Crippen LogP contribution in [0.2, 0.25) is 0 Å². The van der Waals surface area contributed by atoms with Crippen molar-refractivity contribution < 1.29 is 4.92 Å². The second kappa shape index (κ2) is 6.94. The van der Waals surface area contributed by atoms with Gasteiger partial charge in [-0.3, -0.25) is 10.1 Å². The fraction of sp³-hybridized carbons (Fsp3) is 0.429. The monoisotopic (exact) mass is 289 g/mol. The summed E-state index contributed by atoms with van der Waals surface area (Å²) in [4.78, 5) is 10.5. The molecule has 0 amide bonds. The average molecular weight is 289 g/mol. The highest BCUT2D eigenvalue weighted by atomic mass is 16.6. The van der Waals surface area contributed by atoms with Crippen molar-refractivity contribution in [2.75, 3.05) is 0 Å². The first-order chi connectivity index (χ1) is 10.2. The maximum atomic E-state index is 10.9. The lowest BCUT2D eigenvalue weighted by Crippen LogP contribution is -2.22. The van der Waals surface area contributed by atoms with E-state index in [9.17, 15) is 10.1 Å². The molecular formula is C14H19N5O2. The molecule has 1 N–H and O–H groups in total. The Balaban J connectivity index is 2.09. The van der Waals surface area contributed by atoms with Crippen LogP contribution in [0.5, 0.6) is 0 Å². The van der Waals surface area contributed by atoms with E-state index in [4.69, 9.17) is 0 Å². The van der Waals surface area contributed by atoms with Gasteiger partial charge in [-0.15, -0.1) is 10.2 Å². The molecule has 0 aliphatic rings. The first kappa shape index (κ1) is 15.1. The van der Waals surface area contributed by atoms with Crippen molar-refractivity contribution in [3.63, 3.8) is 0 Å². The Labute approximate surface area is 123 Å². The summed E-state index contributed by atoms with van der Waals surface area (Å²) in [5, 5.41) is 22.2. The minimum atomic E-state index is -0.371. The standard InChI is InChI=1S/C14H19N5O2/c1-3-13(11-6-5-7-12(8-11)19(20)21)15-9-14-17-16-10-18(14)4-2/h5-8,10,13,15H,3-4,9H2,1-2H3. The lowest BCUT2D eigenvalue weighted by atomic mass is 10.0. The van der Waals surface area contributed by atoms with Crippen LogP contribution in [0, 0.1) is 10.1 Å². The number of aromatic nitrogens is 3. The lowest BCUT2D eigenvalue weighted by Gasteiger charge is -2.17. The number of non-ortho nitro benzene ring substituents is 1. The topological polar surface area (TPSA) is 85.9 Å². The predicted octanol–water partition coefficient (Wildman–Crippen LogP) is 2.45. The van der Waals surface area contributed by atoms with Crippen molar-refractivity contribution in [2.45, 2.75) is 39.4 Å². The van der Waals surface area contributed by atoms with Crippen molar-refractivity contribution in [3.8, 4) is 0 Å². The predicted molar refractivity (Wildman–Crippen MR) is 78.7 cm³/mol. The third-order valence-electron chi connectivity index (χ3n) is 3.43. The van der Waals surface area contributed by atoms with Gasteiger partial charge >= 0.3 is 0 Å². The van der Waals surface area contributed by atoms with Gasteiger partial charge in [-0.2, -0.15) is 0 Å². The number of nitro groups is 1. The number of hydrogen-bond donors (Lipinski definition) is 1. The van der Waals surface area contributed by atoms with Crippen molar-refractivity contribution >= 4 is 5.69 Å². The molecule has 1 atom stereocenters. The summed E-state index contributed by atoms with van der Waals surface area (Å²) >= 11 is 0. The Hall–Kier alpha value is -2.28. The summed E-state index contributed by atoms with van der Waals surface area (Å²) in [5.41, 5.74) is 1.03. The van der Waals surface area contributed by atoms with E-state index in [1.54, 1.807) is 18.5 Å². The zero-order chi connectivity index (χ0) is 15.2. The summed E-state index contributed by atoms with van der Waals surface area (Å²) in [6.07, 6.45) is 2.53. The van der Waals surface area contributed by atoms with Crippen LogP contribution >= 0.6 is 0 Å². The molecule has 1 aromatic heterocycles. The fourth-order valence-electron chi connectivity index (χ4n) is 2.25. The molecule has 1 heterocycles. The molecule has 0 aliphatic heterocycles. The van der Waals surface area contributed by atoms with E-state index >= 15 is 0 Å². The number of nitrogens with zero attached hydrogens (tertiary/aromatic N) is 4. The van der Waals surface area contributed by atoms with Crippen LogP contribution in [0.15, 0.2) is 30.6 Å². The molecule has 7 heteroatoms. The molecule has 0 fully saturated rings. The zero-order valence-corrected chi connectivity index (χ0v) is 12.2. The number of rotatable bonds is 7. The maximum Gasteiger partial charge on any atom is 0.269 e. The van der Waals surface area contributed by atoms with Gasteiger partial charge in [0.15, 0.2) is 0 Å². The first-order valence-corrected chi connectivity index (χ1v) is 7.00. The lowest BCUT2D eigenvalue weighted by molar-refractivity contribution is -0.384. The number of hydrogen-bond acceptors (Lipinski definition) is 5. The highest BCUT2D eigenvalue weighted by Crippen LogP contribution is 2.21. The molecule has 112 valence electrons. The zero-order valence-electron chi connectivity index (χ0n) is 12.2.